The van der Waals surface area contributed by atoms with Gasteiger partial charge in [-0.05, 0) is 5.56 Å². The minimum Gasteiger partial charge on any atom is -0.376 e. The van der Waals surface area contributed by atoms with Gasteiger partial charge in [-0.25, -0.2) is 0 Å². The average molecular weight is 216 g/mol. The van der Waals surface area contributed by atoms with Gasteiger partial charge >= 0.3 is 7.60 Å². The van der Waals surface area contributed by atoms with Gasteiger partial charge in [0.05, 0.1) is 0 Å². The van der Waals surface area contributed by atoms with Crippen LogP contribution in [0.3, 0.4) is 0 Å². The van der Waals surface area contributed by atoms with E-state index in [4.69, 9.17) is 0 Å². The Morgan fingerprint density at radius 3 is 2.14 bits per heavy atom. The predicted molar refractivity (Wildman–Crippen MR) is 53.0 cm³/mol. The van der Waals surface area contributed by atoms with E-state index < -0.39 is 13.4 Å². The van der Waals surface area contributed by atoms with E-state index in [0.29, 0.717) is 5.56 Å². The van der Waals surface area contributed by atoms with E-state index in [1.807, 2.05) is 0 Å². The van der Waals surface area contributed by atoms with Crippen molar-refractivity contribution >= 4 is 7.60 Å². The highest BCUT2D eigenvalue weighted by molar-refractivity contribution is 7.53. The molecule has 0 amide bonds. The third-order valence-corrected chi connectivity index (χ3v) is 3.82. The van der Waals surface area contributed by atoms with Crippen molar-refractivity contribution in [3.63, 3.8) is 0 Å². The fourth-order valence-corrected chi connectivity index (χ4v) is 2.17. The highest BCUT2D eigenvalue weighted by atomic mass is 31.2. The molecule has 0 saturated carbocycles. The van der Waals surface area contributed by atoms with Gasteiger partial charge in [-0.15, -0.1) is 0 Å². The quantitative estimate of drug-likeness (QED) is 0.783. The van der Waals surface area contributed by atoms with Gasteiger partial charge in [0.15, 0.2) is 5.85 Å². The topological polar surface area (TPSA) is 55.8 Å². The normalized spacial score (nSPS) is 13.9. The van der Waals surface area contributed by atoms with Gasteiger partial charge < -0.3 is 14.2 Å². The van der Waals surface area contributed by atoms with E-state index in [2.05, 4.69) is 9.05 Å². The second-order valence-electron chi connectivity index (χ2n) is 2.69. The van der Waals surface area contributed by atoms with Crippen molar-refractivity contribution in [2.24, 2.45) is 0 Å². The molecule has 0 spiro atoms. The van der Waals surface area contributed by atoms with Crippen LogP contribution in [-0.2, 0) is 13.6 Å². The lowest BCUT2D eigenvalue weighted by molar-refractivity contribution is 0.176. The number of hydrogen-bond acceptors (Lipinski definition) is 4. The zero-order valence-corrected chi connectivity index (χ0v) is 8.98. The minimum atomic E-state index is -3.44. The summed E-state index contributed by atoms with van der Waals surface area (Å²) >= 11 is 0. The third-order valence-electron chi connectivity index (χ3n) is 1.91. The molecule has 5 heteroatoms. The molecule has 0 aliphatic rings. The minimum absolute atomic E-state index is 0.513. The number of aliphatic hydroxyl groups excluding tert-OH is 1. The van der Waals surface area contributed by atoms with Crippen molar-refractivity contribution in [2.75, 3.05) is 14.2 Å². The molecule has 0 unspecified atom stereocenters. The average Bonchev–Trinajstić information content (AvgIpc) is 2.28. The Hall–Kier alpha value is -0.670. The maximum absolute atomic E-state index is 11.8. The Morgan fingerprint density at radius 1 is 1.21 bits per heavy atom. The first-order valence-corrected chi connectivity index (χ1v) is 5.69. The summed E-state index contributed by atoms with van der Waals surface area (Å²) in [6.07, 6.45) is 0. The molecule has 1 aromatic carbocycles. The number of rotatable bonds is 4. The lowest BCUT2D eigenvalue weighted by Crippen LogP contribution is -2.02. The first-order chi connectivity index (χ1) is 6.64. The van der Waals surface area contributed by atoms with Gasteiger partial charge in [-0.2, -0.15) is 0 Å². The van der Waals surface area contributed by atoms with Gasteiger partial charge in [0.25, 0.3) is 0 Å². The molecule has 78 valence electrons. The largest absolute Gasteiger partial charge is 0.376 e. The van der Waals surface area contributed by atoms with Crippen molar-refractivity contribution in [3.05, 3.63) is 35.9 Å². The standard InChI is InChI=1S/C9H13O4P/c1-12-14(11,13-2)9(10)8-6-4-3-5-7-8/h3-7,9-10H,1-2H3/t9-/m0/s1. The van der Waals surface area contributed by atoms with Crippen LogP contribution in [0.25, 0.3) is 0 Å². The van der Waals surface area contributed by atoms with E-state index in [1.54, 1.807) is 30.3 Å². The summed E-state index contributed by atoms with van der Waals surface area (Å²) in [6, 6.07) is 8.62. The zero-order valence-electron chi connectivity index (χ0n) is 8.08. The summed E-state index contributed by atoms with van der Waals surface area (Å²) in [5.74, 6) is -1.24. The number of hydrogen-bond donors (Lipinski definition) is 1. The van der Waals surface area contributed by atoms with Crippen LogP contribution >= 0.6 is 7.60 Å². The highest BCUT2D eigenvalue weighted by Crippen LogP contribution is 2.58. The Balaban J connectivity index is 2.95. The van der Waals surface area contributed by atoms with E-state index in [9.17, 15) is 9.67 Å². The Bertz CT molecular complexity index is 317. The van der Waals surface area contributed by atoms with E-state index in [-0.39, 0.29) is 0 Å². The van der Waals surface area contributed by atoms with Crippen molar-refractivity contribution in [1.29, 1.82) is 0 Å². The Kier molecular flexibility index (Phi) is 3.84. The maximum Gasteiger partial charge on any atom is 0.362 e. The van der Waals surface area contributed by atoms with Crippen molar-refractivity contribution < 1.29 is 18.7 Å². The predicted octanol–water partition coefficient (Wildman–Crippen LogP) is 2.16. The van der Waals surface area contributed by atoms with Crippen LogP contribution in [0.4, 0.5) is 0 Å². The van der Waals surface area contributed by atoms with Gasteiger partial charge in [-0.3, -0.25) is 4.57 Å². The molecule has 1 rings (SSSR count). The second-order valence-corrected chi connectivity index (χ2v) is 4.99. The first kappa shape index (κ1) is 11.4. The summed E-state index contributed by atoms with van der Waals surface area (Å²) in [5.41, 5.74) is 0.513. The van der Waals surface area contributed by atoms with Crippen LogP contribution in [0.15, 0.2) is 30.3 Å². The van der Waals surface area contributed by atoms with E-state index in [0.717, 1.165) is 0 Å². The van der Waals surface area contributed by atoms with Crippen LogP contribution in [0.2, 0.25) is 0 Å². The van der Waals surface area contributed by atoms with Gasteiger partial charge in [0.1, 0.15) is 0 Å². The zero-order chi connectivity index (χ0) is 10.6. The first-order valence-electron chi connectivity index (χ1n) is 4.08. The summed E-state index contributed by atoms with van der Waals surface area (Å²) < 4.78 is 21.1. The summed E-state index contributed by atoms with van der Waals surface area (Å²) in [6.45, 7) is 0. The molecular weight excluding hydrogens is 203 g/mol. The molecule has 0 radical (unpaired) electrons. The van der Waals surface area contributed by atoms with E-state index >= 15 is 0 Å². The van der Waals surface area contributed by atoms with Crippen LogP contribution < -0.4 is 0 Å². The SMILES string of the molecule is COP(=O)(OC)[C@H](O)c1ccccc1. The van der Waals surface area contributed by atoms with Gasteiger partial charge in [0, 0.05) is 14.2 Å². The fourth-order valence-electron chi connectivity index (χ4n) is 1.08. The molecular formula is C9H13O4P. The fraction of sp³-hybridized carbons (Fsp3) is 0.333. The van der Waals surface area contributed by atoms with Gasteiger partial charge in [0.2, 0.25) is 0 Å². The molecule has 0 saturated heterocycles. The van der Waals surface area contributed by atoms with Crippen LogP contribution in [0.5, 0.6) is 0 Å². The summed E-state index contributed by atoms with van der Waals surface area (Å²) in [4.78, 5) is 0. The molecule has 4 nitrogen and oxygen atoms in total. The van der Waals surface area contributed by atoms with Crippen LogP contribution in [0.1, 0.15) is 11.4 Å². The number of benzene rings is 1. The van der Waals surface area contributed by atoms with Crippen LogP contribution in [0, 0.1) is 0 Å². The Morgan fingerprint density at radius 2 is 1.71 bits per heavy atom. The molecule has 0 aliphatic heterocycles. The Labute approximate surface area is 83.0 Å². The third kappa shape index (κ3) is 2.22. The molecule has 0 fully saturated rings. The molecule has 1 aromatic rings. The van der Waals surface area contributed by atoms with Crippen molar-refractivity contribution in [3.8, 4) is 0 Å². The van der Waals surface area contributed by atoms with E-state index in [1.165, 1.54) is 14.2 Å². The monoisotopic (exact) mass is 216 g/mol. The molecule has 0 bridgehead atoms. The lowest BCUT2D eigenvalue weighted by atomic mass is 10.2. The summed E-state index contributed by atoms with van der Waals surface area (Å²) in [5, 5.41) is 9.73. The molecule has 1 N–H and O–H groups in total. The molecule has 0 heterocycles. The molecule has 0 aromatic heterocycles. The van der Waals surface area contributed by atoms with Crippen molar-refractivity contribution in [2.45, 2.75) is 5.85 Å². The second kappa shape index (κ2) is 4.71. The summed E-state index contributed by atoms with van der Waals surface area (Å²) in [7, 11) is -0.946. The van der Waals surface area contributed by atoms with Gasteiger partial charge in [-0.1, -0.05) is 30.3 Å². The maximum atomic E-state index is 11.8. The van der Waals surface area contributed by atoms with Crippen molar-refractivity contribution in [1.82, 2.24) is 0 Å². The lowest BCUT2D eigenvalue weighted by Gasteiger charge is -2.19. The highest BCUT2D eigenvalue weighted by Gasteiger charge is 2.33. The molecule has 0 aliphatic carbocycles. The smallest absolute Gasteiger partial charge is 0.362 e. The molecule has 1 atom stereocenters. The number of aliphatic hydroxyl groups is 1. The van der Waals surface area contributed by atoms with Crippen LogP contribution in [-0.4, -0.2) is 19.3 Å². The molecule has 14 heavy (non-hydrogen) atoms.